The molecular formula is C30H34BrCl2N3O4S. The van der Waals surface area contributed by atoms with Gasteiger partial charge in [0.15, 0.2) is 0 Å². The Labute approximate surface area is 261 Å². The van der Waals surface area contributed by atoms with Gasteiger partial charge in [-0.1, -0.05) is 89.2 Å². The highest BCUT2D eigenvalue weighted by atomic mass is 79.9. The van der Waals surface area contributed by atoms with Crippen molar-refractivity contribution in [2.45, 2.75) is 57.5 Å². The molecule has 1 N–H and O–H groups in total. The molecule has 1 atom stereocenters. The molecule has 220 valence electrons. The van der Waals surface area contributed by atoms with Crippen LogP contribution < -0.4 is 9.62 Å². The Morgan fingerprint density at radius 2 is 1.68 bits per heavy atom. The third kappa shape index (κ3) is 8.70. The molecule has 0 heterocycles. The summed E-state index contributed by atoms with van der Waals surface area (Å²) in [6.07, 6.45) is 2.03. The van der Waals surface area contributed by atoms with Crippen LogP contribution in [0.1, 0.15) is 44.2 Å². The molecule has 11 heteroatoms. The van der Waals surface area contributed by atoms with E-state index in [-0.39, 0.29) is 17.3 Å². The normalized spacial score (nSPS) is 12.0. The Hall–Kier alpha value is -2.59. The van der Waals surface area contributed by atoms with Crippen molar-refractivity contribution in [3.63, 3.8) is 0 Å². The summed E-state index contributed by atoms with van der Waals surface area (Å²) in [4.78, 5) is 28.8. The van der Waals surface area contributed by atoms with Crippen LogP contribution in [-0.4, -0.2) is 44.3 Å². The van der Waals surface area contributed by atoms with E-state index in [0.717, 1.165) is 22.7 Å². The smallest absolute Gasteiger partial charge is 0.264 e. The van der Waals surface area contributed by atoms with Gasteiger partial charge in [0.05, 0.1) is 20.6 Å². The van der Waals surface area contributed by atoms with Crippen molar-refractivity contribution in [2.24, 2.45) is 0 Å². The van der Waals surface area contributed by atoms with E-state index in [9.17, 15) is 18.0 Å². The highest BCUT2D eigenvalue weighted by Gasteiger charge is 2.33. The van der Waals surface area contributed by atoms with Gasteiger partial charge in [0.25, 0.3) is 10.0 Å². The molecule has 0 bridgehead atoms. The number of nitrogens with one attached hydrogen (secondary N) is 1. The first kappa shape index (κ1) is 32.9. The summed E-state index contributed by atoms with van der Waals surface area (Å²) < 4.78 is 29.6. The van der Waals surface area contributed by atoms with Gasteiger partial charge in [0.2, 0.25) is 11.8 Å². The summed E-state index contributed by atoms with van der Waals surface area (Å²) in [5.74, 6) is -0.839. The largest absolute Gasteiger partial charge is 0.354 e. The minimum Gasteiger partial charge on any atom is -0.354 e. The Balaban J connectivity index is 2.05. The molecule has 0 unspecified atom stereocenters. The highest BCUT2D eigenvalue weighted by Crippen LogP contribution is 2.28. The average Bonchev–Trinajstić information content (AvgIpc) is 2.93. The average molecular weight is 683 g/mol. The van der Waals surface area contributed by atoms with Crippen LogP contribution >= 0.6 is 39.1 Å². The topological polar surface area (TPSA) is 86.8 Å². The number of halogens is 3. The van der Waals surface area contributed by atoms with Crippen molar-refractivity contribution in [1.29, 1.82) is 0 Å². The lowest BCUT2D eigenvalue weighted by atomic mass is 10.1. The molecule has 0 aliphatic heterocycles. The van der Waals surface area contributed by atoms with Gasteiger partial charge in [-0.15, -0.1) is 0 Å². The molecule has 0 aliphatic rings. The maximum absolute atomic E-state index is 14.1. The van der Waals surface area contributed by atoms with Crippen LogP contribution in [0.25, 0.3) is 0 Å². The predicted octanol–water partition coefficient (Wildman–Crippen LogP) is 6.98. The number of anilines is 1. The Morgan fingerprint density at radius 1 is 0.976 bits per heavy atom. The van der Waals surface area contributed by atoms with Crippen molar-refractivity contribution in [3.8, 4) is 0 Å². The Morgan fingerprint density at radius 3 is 2.29 bits per heavy atom. The zero-order valence-electron chi connectivity index (χ0n) is 23.2. The molecule has 0 fully saturated rings. The number of carbonyl (C=O) groups excluding carboxylic acids is 2. The monoisotopic (exact) mass is 681 g/mol. The highest BCUT2D eigenvalue weighted by molar-refractivity contribution is 9.10. The van der Waals surface area contributed by atoms with E-state index in [1.54, 1.807) is 54.6 Å². The number of sulfonamides is 1. The number of nitrogens with zero attached hydrogens (tertiary/aromatic N) is 2. The number of hydrogen-bond donors (Lipinski definition) is 1. The van der Waals surface area contributed by atoms with Gasteiger partial charge < -0.3 is 10.2 Å². The second-order valence-corrected chi connectivity index (χ2v) is 13.2. The number of rotatable bonds is 13. The van der Waals surface area contributed by atoms with Crippen molar-refractivity contribution >= 4 is 66.7 Å². The third-order valence-corrected chi connectivity index (χ3v) is 9.56. The molecule has 0 radical (unpaired) electrons. The van der Waals surface area contributed by atoms with Crippen LogP contribution in [0.15, 0.2) is 76.1 Å². The lowest BCUT2D eigenvalue weighted by molar-refractivity contribution is -0.140. The summed E-state index contributed by atoms with van der Waals surface area (Å²) >= 11 is 15.8. The zero-order valence-corrected chi connectivity index (χ0v) is 27.2. The lowest BCUT2D eigenvalue weighted by Crippen LogP contribution is -2.52. The van der Waals surface area contributed by atoms with E-state index in [1.807, 2.05) is 20.8 Å². The van der Waals surface area contributed by atoms with Crippen molar-refractivity contribution in [2.75, 3.05) is 17.4 Å². The second kappa shape index (κ2) is 15.0. The second-order valence-electron chi connectivity index (χ2n) is 9.64. The summed E-state index contributed by atoms with van der Waals surface area (Å²) in [5, 5.41) is 3.59. The number of amides is 2. The molecule has 3 aromatic carbocycles. The standard InChI is InChI=1S/C30H34BrCl2N3O4S/c1-4-6-16-34-30(38)28(5-2)35(19-22-12-15-26(32)27(33)17-22)29(37)20-36(24-9-7-8-23(31)18-24)41(39,40)25-13-10-21(3)11-14-25/h7-15,17-18,28H,4-6,16,19-20H2,1-3H3,(H,34,38)/t28-/m1/s1. The lowest BCUT2D eigenvalue weighted by Gasteiger charge is -2.33. The third-order valence-electron chi connectivity index (χ3n) is 6.54. The van der Waals surface area contributed by atoms with E-state index >= 15 is 0 Å². The van der Waals surface area contributed by atoms with E-state index in [1.165, 1.54) is 17.0 Å². The first-order valence-corrected chi connectivity index (χ1v) is 16.3. The van der Waals surface area contributed by atoms with Gasteiger partial charge in [0.1, 0.15) is 12.6 Å². The maximum Gasteiger partial charge on any atom is 0.264 e. The molecule has 0 aliphatic carbocycles. The number of aryl methyl sites for hydroxylation is 1. The molecule has 3 rings (SSSR count). The van der Waals surface area contributed by atoms with Gasteiger partial charge in [0, 0.05) is 17.6 Å². The minimum atomic E-state index is -4.15. The van der Waals surface area contributed by atoms with Gasteiger partial charge in [-0.25, -0.2) is 8.42 Å². The predicted molar refractivity (Wildman–Crippen MR) is 169 cm³/mol. The fourth-order valence-electron chi connectivity index (χ4n) is 4.26. The zero-order chi connectivity index (χ0) is 30.2. The summed E-state index contributed by atoms with van der Waals surface area (Å²) in [6, 6.07) is 17.3. The van der Waals surface area contributed by atoms with Crippen LogP contribution in [0.5, 0.6) is 0 Å². The van der Waals surface area contributed by atoms with Crippen LogP contribution in [0, 0.1) is 6.92 Å². The molecule has 0 spiro atoms. The fraction of sp³-hybridized carbons (Fsp3) is 0.333. The van der Waals surface area contributed by atoms with Crippen LogP contribution in [0.3, 0.4) is 0 Å². The number of hydrogen-bond acceptors (Lipinski definition) is 4. The SMILES string of the molecule is CCCCNC(=O)[C@@H](CC)N(Cc1ccc(Cl)c(Cl)c1)C(=O)CN(c1cccc(Br)c1)S(=O)(=O)c1ccc(C)cc1. The Kier molecular flexibility index (Phi) is 12.1. The van der Waals surface area contributed by atoms with Crippen molar-refractivity contribution < 1.29 is 18.0 Å². The van der Waals surface area contributed by atoms with E-state index in [0.29, 0.717) is 38.7 Å². The summed E-state index contributed by atoms with van der Waals surface area (Å²) in [6.45, 7) is 5.69. The van der Waals surface area contributed by atoms with Crippen molar-refractivity contribution in [3.05, 3.63) is 92.4 Å². The number of benzene rings is 3. The molecule has 41 heavy (non-hydrogen) atoms. The maximum atomic E-state index is 14.1. The summed E-state index contributed by atoms with van der Waals surface area (Å²) in [5.41, 5.74) is 1.87. The number of carbonyl (C=O) groups is 2. The quantitative estimate of drug-likeness (QED) is 0.197. The van der Waals surface area contributed by atoms with Gasteiger partial charge >= 0.3 is 0 Å². The fourth-order valence-corrected chi connectivity index (χ4v) is 6.37. The van der Waals surface area contributed by atoms with Crippen LogP contribution in [0.2, 0.25) is 10.0 Å². The van der Waals surface area contributed by atoms with E-state index in [4.69, 9.17) is 23.2 Å². The first-order chi connectivity index (χ1) is 19.5. The molecule has 3 aromatic rings. The van der Waals surface area contributed by atoms with Gasteiger partial charge in [-0.3, -0.25) is 13.9 Å². The van der Waals surface area contributed by atoms with Crippen LogP contribution in [-0.2, 0) is 26.2 Å². The molecule has 0 saturated heterocycles. The van der Waals surface area contributed by atoms with E-state index in [2.05, 4.69) is 21.2 Å². The number of unbranched alkanes of at least 4 members (excludes halogenated alkanes) is 1. The Bertz CT molecular complexity index is 1470. The first-order valence-electron chi connectivity index (χ1n) is 13.3. The summed E-state index contributed by atoms with van der Waals surface area (Å²) in [7, 11) is -4.15. The van der Waals surface area contributed by atoms with Gasteiger partial charge in [-0.2, -0.15) is 0 Å². The van der Waals surface area contributed by atoms with E-state index < -0.39 is 28.5 Å². The molecule has 0 saturated carbocycles. The van der Waals surface area contributed by atoms with Crippen LogP contribution in [0.4, 0.5) is 5.69 Å². The van der Waals surface area contributed by atoms with Gasteiger partial charge in [-0.05, 0) is 67.8 Å². The molecular weight excluding hydrogens is 649 g/mol. The minimum absolute atomic E-state index is 0.0341. The molecule has 7 nitrogen and oxygen atoms in total. The molecule has 2 amide bonds. The van der Waals surface area contributed by atoms with Crippen molar-refractivity contribution in [1.82, 2.24) is 10.2 Å². The molecule has 0 aromatic heterocycles.